The number of aryl methyl sites for hydroxylation is 2. The number of unbranched alkanes of at least 4 members (excludes halogenated alkanes) is 1. The van der Waals surface area contributed by atoms with Crippen molar-refractivity contribution in [2.45, 2.75) is 47.5 Å². The minimum Gasteiger partial charge on any atom is -0.490 e. The van der Waals surface area contributed by atoms with Crippen molar-refractivity contribution in [2.75, 3.05) is 25.1 Å². The number of nitrogens with zero attached hydrogens (tertiary/aromatic N) is 2. The summed E-state index contributed by atoms with van der Waals surface area (Å²) in [6, 6.07) is 12.8. The van der Waals surface area contributed by atoms with Crippen molar-refractivity contribution in [3.8, 4) is 17.2 Å². The number of benzene rings is 2. The molecule has 0 atom stereocenters. The van der Waals surface area contributed by atoms with Gasteiger partial charge < -0.3 is 19.5 Å². The van der Waals surface area contributed by atoms with E-state index in [0.717, 1.165) is 29.8 Å². The van der Waals surface area contributed by atoms with Crippen LogP contribution in [-0.2, 0) is 9.53 Å². The van der Waals surface area contributed by atoms with Gasteiger partial charge in [-0.15, -0.1) is 0 Å². The quantitative estimate of drug-likeness (QED) is 0.301. The molecule has 0 aliphatic carbocycles. The van der Waals surface area contributed by atoms with Crippen molar-refractivity contribution in [2.24, 2.45) is 0 Å². The summed E-state index contributed by atoms with van der Waals surface area (Å²) in [7, 11) is 0. The molecular weight excluding hydrogens is 446 g/mol. The van der Waals surface area contributed by atoms with Crippen LogP contribution in [0.2, 0.25) is 0 Å². The van der Waals surface area contributed by atoms with Crippen molar-refractivity contribution in [1.29, 1.82) is 0 Å². The Bertz CT molecular complexity index is 1170. The van der Waals surface area contributed by atoms with Gasteiger partial charge in [-0.2, -0.15) is 5.10 Å². The van der Waals surface area contributed by atoms with Gasteiger partial charge in [0, 0.05) is 0 Å². The monoisotopic (exact) mass is 479 g/mol. The number of ether oxygens (including phenoxy) is 3. The van der Waals surface area contributed by atoms with Gasteiger partial charge in [-0.25, -0.2) is 9.48 Å². The third-order valence-corrected chi connectivity index (χ3v) is 5.40. The molecule has 1 heterocycles. The number of carbonyl (C=O) groups excluding carboxylic acids is 2. The second-order valence-electron chi connectivity index (χ2n) is 8.21. The summed E-state index contributed by atoms with van der Waals surface area (Å²) in [5.74, 6) is -0.0223. The van der Waals surface area contributed by atoms with Crippen LogP contribution in [0.1, 0.15) is 54.0 Å². The van der Waals surface area contributed by atoms with E-state index in [2.05, 4.69) is 17.3 Å². The number of amides is 1. The molecule has 186 valence electrons. The number of anilines is 1. The SMILES string of the molecule is CCCCOc1ccc(C(=O)OCC(=O)Nc2c(C)nn(-c3ccc(C)cc3)c2C)cc1OCC. The molecule has 0 aliphatic heterocycles. The molecule has 8 nitrogen and oxygen atoms in total. The molecule has 35 heavy (non-hydrogen) atoms. The minimum absolute atomic E-state index is 0.281. The van der Waals surface area contributed by atoms with Gasteiger partial charge in [0.2, 0.25) is 0 Å². The van der Waals surface area contributed by atoms with Crippen LogP contribution in [0.3, 0.4) is 0 Å². The van der Waals surface area contributed by atoms with Gasteiger partial charge in [-0.05, 0) is 64.4 Å². The Balaban J connectivity index is 1.63. The lowest BCUT2D eigenvalue weighted by Gasteiger charge is -2.13. The number of carbonyl (C=O) groups is 2. The predicted octanol–water partition coefficient (Wildman–Crippen LogP) is 5.17. The molecule has 8 heteroatoms. The van der Waals surface area contributed by atoms with Gasteiger partial charge >= 0.3 is 5.97 Å². The first-order valence-corrected chi connectivity index (χ1v) is 11.8. The zero-order valence-corrected chi connectivity index (χ0v) is 21.0. The molecule has 1 aromatic heterocycles. The van der Waals surface area contributed by atoms with Crippen LogP contribution >= 0.6 is 0 Å². The molecule has 0 fully saturated rings. The number of hydrogen-bond acceptors (Lipinski definition) is 6. The van der Waals surface area contributed by atoms with Crippen LogP contribution in [0.4, 0.5) is 5.69 Å². The summed E-state index contributed by atoms with van der Waals surface area (Å²) in [6.45, 7) is 10.2. The van der Waals surface area contributed by atoms with Gasteiger partial charge in [0.1, 0.15) is 0 Å². The maximum Gasteiger partial charge on any atom is 0.338 e. The fourth-order valence-electron chi connectivity index (χ4n) is 3.50. The van der Waals surface area contributed by atoms with E-state index >= 15 is 0 Å². The van der Waals surface area contributed by atoms with Crippen molar-refractivity contribution >= 4 is 17.6 Å². The molecule has 3 aromatic rings. The van der Waals surface area contributed by atoms with E-state index in [4.69, 9.17) is 14.2 Å². The molecule has 0 spiro atoms. The van der Waals surface area contributed by atoms with E-state index in [0.29, 0.717) is 36.1 Å². The summed E-state index contributed by atoms with van der Waals surface area (Å²) in [5.41, 5.74) is 4.38. The molecule has 2 aromatic carbocycles. The van der Waals surface area contributed by atoms with Crippen molar-refractivity contribution < 1.29 is 23.8 Å². The zero-order valence-electron chi connectivity index (χ0n) is 21.0. The van der Waals surface area contributed by atoms with Crippen LogP contribution in [0.15, 0.2) is 42.5 Å². The Kier molecular flexibility index (Phi) is 8.89. The van der Waals surface area contributed by atoms with E-state index < -0.39 is 18.5 Å². The van der Waals surface area contributed by atoms with E-state index in [-0.39, 0.29) is 5.56 Å². The Morgan fingerprint density at radius 2 is 1.71 bits per heavy atom. The number of aromatic nitrogens is 2. The van der Waals surface area contributed by atoms with Crippen LogP contribution in [0.5, 0.6) is 11.5 Å². The maximum absolute atomic E-state index is 12.6. The van der Waals surface area contributed by atoms with Crippen LogP contribution in [0, 0.1) is 20.8 Å². The van der Waals surface area contributed by atoms with E-state index in [1.807, 2.05) is 52.0 Å². The first-order valence-electron chi connectivity index (χ1n) is 11.8. The largest absolute Gasteiger partial charge is 0.490 e. The Morgan fingerprint density at radius 3 is 2.40 bits per heavy atom. The Hall–Kier alpha value is -3.81. The Morgan fingerprint density at radius 1 is 0.971 bits per heavy atom. The highest BCUT2D eigenvalue weighted by Gasteiger charge is 2.18. The molecule has 0 radical (unpaired) electrons. The van der Waals surface area contributed by atoms with Gasteiger partial charge in [0.25, 0.3) is 5.91 Å². The summed E-state index contributed by atoms with van der Waals surface area (Å²) >= 11 is 0. The normalized spacial score (nSPS) is 10.7. The average Bonchev–Trinajstić information content (AvgIpc) is 3.12. The second-order valence-corrected chi connectivity index (χ2v) is 8.21. The molecule has 0 saturated heterocycles. The van der Waals surface area contributed by atoms with Crippen molar-refractivity contribution in [3.63, 3.8) is 0 Å². The fourth-order valence-corrected chi connectivity index (χ4v) is 3.50. The predicted molar refractivity (Wildman–Crippen MR) is 135 cm³/mol. The number of nitrogens with one attached hydrogen (secondary N) is 1. The minimum atomic E-state index is -0.620. The third-order valence-electron chi connectivity index (χ3n) is 5.40. The lowest BCUT2D eigenvalue weighted by Crippen LogP contribution is -2.21. The van der Waals surface area contributed by atoms with Crippen molar-refractivity contribution in [3.05, 3.63) is 65.0 Å². The van der Waals surface area contributed by atoms with Crippen molar-refractivity contribution in [1.82, 2.24) is 9.78 Å². The number of rotatable bonds is 11. The number of hydrogen-bond donors (Lipinski definition) is 1. The number of esters is 1. The standard InChI is InChI=1S/C27H33N3O5/c1-6-8-15-34-23-14-11-21(16-24(23)33-7-2)27(32)35-17-25(31)28-26-19(4)29-30(20(26)5)22-12-9-18(3)10-13-22/h9-14,16H,6-8,15,17H2,1-5H3,(H,28,31). The summed E-state index contributed by atoms with van der Waals surface area (Å²) in [4.78, 5) is 25.1. The summed E-state index contributed by atoms with van der Waals surface area (Å²) in [5, 5.41) is 7.35. The van der Waals surface area contributed by atoms with E-state index in [1.54, 1.807) is 22.9 Å². The topological polar surface area (TPSA) is 91.7 Å². The van der Waals surface area contributed by atoms with Gasteiger partial charge in [-0.1, -0.05) is 31.0 Å². The van der Waals surface area contributed by atoms with E-state index in [9.17, 15) is 9.59 Å². The second kappa shape index (κ2) is 12.1. The molecule has 0 saturated carbocycles. The smallest absolute Gasteiger partial charge is 0.338 e. The highest BCUT2D eigenvalue weighted by molar-refractivity contribution is 5.96. The van der Waals surface area contributed by atoms with Gasteiger partial charge in [0.05, 0.1) is 41.5 Å². The van der Waals surface area contributed by atoms with Crippen LogP contribution < -0.4 is 14.8 Å². The lowest BCUT2D eigenvalue weighted by atomic mass is 10.2. The zero-order chi connectivity index (χ0) is 25.4. The first-order chi connectivity index (χ1) is 16.8. The summed E-state index contributed by atoms with van der Waals surface area (Å²) < 4.78 is 18.4. The summed E-state index contributed by atoms with van der Waals surface area (Å²) in [6.07, 6.45) is 1.94. The molecule has 1 amide bonds. The molecule has 0 aliphatic rings. The molecule has 3 rings (SSSR count). The fraction of sp³-hybridized carbons (Fsp3) is 0.370. The van der Waals surface area contributed by atoms with Crippen LogP contribution in [-0.4, -0.2) is 41.5 Å². The Labute approximate surface area is 206 Å². The van der Waals surface area contributed by atoms with Gasteiger partial charge in [0.15, 0.2) is 18.1 Å². The highest BCUT2D eigenvalue weighted by atomic mass is 16.5. The van der Waals surface area contributed by atoms with Gasteiger partial charge in [-0.3, -0.25) is 4.79 Å². The molecule has 0 bridgehead atoms. The maximum atomic E-state index is 12.6. The molecular formula is C27H33N3O5. The lowest BCUT2D eigenvalue weighted by molar-refractivity contribution is -0.119. The molecule has 1 N–H and O–H groups in total. The third kappa shape index (κ3) is 6.62. The van der Waals surface area contributed by atoms with E-state index in [1.165, 1.54) is 0 Å². The average molecular weight is 480 g/mol. The molecule has 0 unspecified atom stereocenters. The van der Waals surface area contributed by atoms with Crippen LogP contribution in [0.25, 0.3) is 5.69 Å². The highest BCUT2D eigenvalue weighted by Crippen LogP contribution is 2.29. The first kappa shape index (κ1) is 25.8.